The van der Waals surface area contributed by atoms with Gasteiger partial charge in [0.15, 0.2) is 5.78 Å². The number of ketones is 1. The van der Waals surface area contributed by atoms with E-state index >= 15 is 0 Å². The van der Waals surface area contributed by atoms with Crippen LogP contribution in [0.4, 0.5) is 4.39 Å². The summed E-state index contributed by atoms with van der Waals surface area (Å²) in [7, 11) is 1.56. The van der Waals surface area contributed by atoms with Crippen molar-refractivity contribution in [3.8, 4) is 5.75 Å². The quantitative estimate of drug-likeness (QED) is 0.790. The van der Waals surface area contributed by atoms with E-state index in [1.807, 2.05) is 0 Å². The van der Waals surface area contributed by atoms with Crippen LogP contribution in [0.25, 0.3) is 0 Å². The van der Waals surface area contributed by atoms with Gasteiger partial charge in [-0.2, -0.15) is 0 Å². The van der Waals surface area contributed by atoms with E-state index in [2.05, 4.69) is 15.9 Å². The van der Waals surface area contributed by atoms with E-state index in [1.54, 1.807) is 30.7 Å². The molecule has 0 N–H and O–H groups in total. The molecule has 0 aliphatic carbocycles. The first-order valence-corrected chi connectivity index (χ1v) is 6.87. The number of rotatable bonds is 4. The molecule has 0 saturated heterocycles. The highest BCUT2D eigenvalue weighted by molar-refractivity contribution is 9.10. The Morgan fingerprint density at radius 1 is 1.50 bits per heavy atom. The number of methoxy groups -OCH3 is 1. The molecule has 0 bridgehead atoms. The fourth-order valence-electron chi connectivity index (χ4n) is 1.52. The van der Waals surface area contributed by atoms with Crippen molar-refractivity contribution in [1.29, 1.82) is 0 Å². The zero-order chi connectivity index (χ0) is 13.1. The van der Waals surface area contributed by atoms with E-state index < -0.39 is 0 Å². The number of benzene rings is 1. The van der Waals surface area contributed by atoms with Crippen LogP contribution >= 0.6 is 27.3 Å². The Kier molecular flexibility index (Phi) is 4.14. The summed E-state index contributed by atoms with van der Waals surface area (Å²) >= 11 is 4.48. The molecule has 94 valence electrons. The second-order valence-electron chi connectivity index (χ2n) is 3.66. The molecule has 0 spiro atoms. The van der Waals surface area contributed by atoms with Crippen molar-refractivity contribution in [2.24, 2.45) is 0 Å². The lowest BCUT2D eigenvalue weighted by Crippen LogP contribution is -2.02. The third-order valence-corrected chi connectivity index (χ3v) is 4.31. The molecule has 18 heavy (non-hydrogen) atoms. The van der Waals surface area contributed by atoms with Crippen LogP contribution < -0.4 is 4.74 Å². The molecule has 0 atom stereocenters. The predicted molar refractivity (Wildman–Crippen MR) is 73.0 cm³/mol. The van der Waals surface area contributed by atoms with E-state index in [-0.39, 0.29) is 18.0 Å². The lowest BCUT2D eigenvalue weighted by atomic mass is 10.1. The molecule has 0 fully saturated rings. The molecule has 0 radical (unpaired) electrons. The minimum atomic E-state index is -0.357. The van der Waals surface area contributed by atoms with Crippen LogP contribution in [-0.2, 0) is 6.42 Å². The van der Waals surface area contributed by atoms with Crippen LogP contribution in [0.15, 0.2) is 34.1 Å². The first-order valence-electron chi connectivity index (χ1n) is 5.20. The molecule has 2 aromatic rings. The summed E-state index contributed by atoms with van der Waals surface area (Å²) in [6.07, 6.45) is 0.169. The van der Waals surface area contributed by atoms with E-state index in [1.165, 1.54) is 17.4 Å². The van der Waals surface area contributed by atoms with Crippen LogP contribution in [0, 0.1) is 5.82 Å². The Balaban J connectivity index is 2.18. The van der Waals surface area contributed by atoms with Gasteiger partial charge in [-0.25, -0.2) is 4.39 Å². The maximum atomic E-state index is 13.3. The van der Waals surface area contributed by atoms with E-state index in [9.17, 15) is 9.18 Å². The van der Waals surface area contributed by atoms with Crippen molar-refractivity contribution in [1.82, 2.24) is 0 Å². The summed E-state index contributed by atoms with van der Waals surface area (Å²) in [4.78, 5) is 12.6. The maximum absolute atomic E-state index is 13.3. The maximum Gasteiger partial charge on any atom is 0.177 e. The number of hydrogen-bond donors (Lipinski definition) is 0. The van der Waals surface area contributed by atoms with Gasteiger partial charge < -0.3 is 4.74 Å². The predicted octanol–water partition coefficient (Wildman–Crippen LogP) is 4.08. The fraction of sp³-hybridized carbons (Fsp3) is 0.154. The van der Waals surface area contributed by atoms with Gasteiger partial charge in [-0.1, -0.05) is 12.1 Å². The number of carbonyl (C=O) groups excluding carboxylic acids is 1. The normalized spacial score (nSPS) is 10.4. The summed E-state index contributed by atoms with van der Waals surface area (Å²) in [6.45, 7) is 0. The van der Waals surface area contributed by atoms with Crippen LogP contribution in [-0.4, -0.2) is 12.9 Å². The molecule has 0 saturated carbocycles. The first kappa shape index (κ1) is 13.2. The van der Waals surface area contributed by atoms with Gasteiger partial charge in [0.05, 0.1) is 16.5 Å². The average Bonchev–Trinajstić information content (AvgIpc) is 2.83. The molecule has 0 aliphatic rings. The Bertz CT molecular complexity index is 580. The van der Waals surface area contributed by atoms with Crippen molar-refractivity contribution < 1.29 is 13.9 Å². The van der Waals surface area contributed by atoms with Crippen molar-refractivity contribution >= 4 is 33.0 Å². The van der Waals surface area contributed by atoms with Gasteiger partial charge >= 0.3 is 0 Å². The van der Waals surface area contributed by atoms with Gasteiger partial charge in [-0.05, 0) is 27.6 Å². The molecule has 1 aromatic carbocycles. The van der Waals surface area contributed by atoms with Gasteiger partial charge in [-0.3, -0.25) is 4.79 Å². The van der Waals surface area contributed by atoms with Gasteiger partial charge in [0.25, 0.3) is 0 Å². The molecule has 0 amide bonds. The van der Waals surface area contributed by atoms with Crippen LogP contribution in [0.5, 0.6) is 5.75 Å². The highest BCUT2D eigenvalue weighted by Gasteiger charge is 2.13. The number of carbonyl (C=O) groups is 1. The van der Waals surface area contributed by atoms with Gasteiger partial charge in [0.2, 0.25) is 0 Å². The van der Waals surface area contributed by atoms with Gasteiger partial charge in [0.1, 0.15) is 11.6 Å². The number of ether oxygens (including phenoxy) is 1. The molecule has 0 aliphatic heterocycles. The van der Waals surface area contributed by atoms with Crippen LogP contribution in [0.2, 0.25) is 0 Å². The number of hydrogen-bond acceptors (Lipinski definition) is 3. The molecule has 2 rings (SSSR count). The van der Waals surface area contributed by atoms with Gasteiger partial charge in [-0.15, -0.1) is 11.3 Å². The Hall–Kier alpha value is -1.20. The highest BCUT2D eigenvalue weighted by Crippen LogP contribution is 2.25. The number of Topliss-reactive ketones (excluding diaryl/α,β-unsaturated/α-hetero) is 1. The molecular weight excluding hydrogens is 319 g/mol. The van der Waals surface area contributed by atoms with E-state index in [4.69, 9.17) is 4.74 Å². The molecule has 1 heterocycles. The van der Waals surface area contributed by atoms with Crippen LogP contribution in [0.3, 0.4) is 0 Å². The van der Waals surface area contributed by atoms with Gasteiger partial charge in [0, 0.05) is 17.9 Å². The minimum absolute atomic E-state index is 0.0467. The lowest BCUT2D eigenvalue weighted by Gasteiger charge is -2.03. The SMILES string of the molecule is COc1csc(C(=O)Cc2cccc(F)c2Br)c1. The zero-order valence-electron chi connectivity index (χ0n) is 9.57. The van der Waals surface area contributed by atoms with Crippen molar-refractivity contribution in [2.45, 2.75) is 6.42 Å². The summed E-state index contributed by atoms with van der Waals surface area (Å²) in [5, 5.41) is 1.77. The van der Waals surface area contributed by atoms with E-state index in [0.29, 0.717) is 20.7 Å². The van der Waals surface area contributed by atoms with Crippen molar-refractivity contribution in [3.05, 3.63) is 50.4 Å². The fourth-order valence-corrected chi connectivity index (χ4v) is 2.72. The first-order chi connectivity index (χ1) is 8.61. The minimum Gasteiger partial charge on any atom is -0.496 e. The average molecular weight is 329 g/mol. The molecule has 2 nitrogen and oxygen atoms in total. The second-order valence-corrected chi connectivity index (χ2v) is 5.37. The monoisotopic (exact) mass is 328 g/mol. The molecule has 5 heteroatoms. The van der Waals surface area contributed by atoms with Crippen LogP contribution in [0.1, 0.15) is 15.2 Å². The Morgan fingerprint density at radius 2 is 2.28 bits per heavy atom. The molecule has 0 unspecified atom stereocenters. The lowest BCUT2D eigenvalue weighted by molar-refractivity contribution is 0.0996. The second kappa shape index (κ2) is 5.63. The highest BCUT2D eigenvalue weighted by atomic mass is 79.9. The standard InChI is InChI=1S/C13H10BrFO2S/c1-17-9-6-12(18-7-9)11(16)5-8-3-2-4-10(15)13(8)14/h2-4,6-7H,5H2,1H3. The van der Waals surface area contributed by atoms with Crippen molar-refractivity contribution in [3.63, 3.8) is 0 Å². The van der Waals surface area contributed by atoms with E-state index in [0.717, 1.165) is 0 Å². The zero-order valence-corrected chi connectivity index (χ0v) is 12.0. The smallest absolute Gasteiger partial charge is 0.177 e. The summed E-state index contributed by atoms with van der Waals surface area (Å²) < 4.78 is 18.7. The molecular formula is C13H10BrFO2S. The third-order valence-electron chi connectivity index (χ3n) is 2.47. The summed E-state index contributed by atoms with van der Waals surface area (Å²) in [5.74, 6) is 0.264. The molecule has 1 aromatic heterocycles. The topological polar surface area (TPSA) is 26.3 Å². The number of halogens is 2. The Morgan fingerprint density at radius 3 is 2.94 bits per heavy atom. The Labute approximate surface area is 117 Å². The van der Waals surface area contributed by atoms with Crippen molar-refractivity contribution in [2.75, 3.05) is 7.11 Å². The largest absolute Gasteiger partial charge is 0.496 e. The number of thiophene rings is 1. The third kappa shape index (κ3) is 2.79. The summed E-state index contributed by atoms with van der Waals surface area (Å²) in [5.41, 5.74) is 0.646. The summed E-state index contributed by atoms with van der Waals surface area (Å²) in [6, 6.07) is 6.38.